The summed E-state index contributed by atoms with van der Waals surface area (Å²) in [4.78, 5) is 36.3. The predicted octanol–water partition coefficient (Wildman–Crippen LogP) is 3.44. The summed E-state index contributed by atoms with van der Waals surface area (Å²) in [5.74, 6) is 0.210. The highest BCUT2D eigenvalue weighted by Crippen LogP contribution is 2.31. The van der Waals surface area contributed by atoms with E-state index in [1.54, 1.807) is 28.0 Å². The molecule has 2 aromatic heterocycles. The first kappa shape index (κ1) is 21.3. The number of aryl methyl sites for hydroxylation is 2. The topological polar surface area (TPSA) is 93.0 Å². The quantitative estimate of drug-likeness (QED) is 0.665. The summed E-state index contributed by atoms with van der Waals surface area (Å²) in [5, 5.41) is 7.62. The number of carbonyl (C=O) groups excluding carboxylic acids is 2. The van der Waals surface area contributed by atoms with Crippen molar-refractivity contribution in [3.63, 3.8) is 0 Å². The van der Waals surface area contributed by atoms with E-state index in [1.165, 1.54) is 11.1 Å². The number of rotatable bonds is 4. The molecule has 8 nitrogen and oxygen atoms in total. The molecule has 1 aromatic carbocycles. The van der Waals surface area contributed by atoms with Crippen LogP contribution in [0.4, 0.5) is 11.5 Å². The lowest BCUT2D eigenvalue weighted by atomic mass is 9.92. The van der Waals surface area contributed by atoms with Crippen molar-refractivity contribution < 1.29 is 9.59 Å². The van der Waals surface area contributed by atoms with Crippen LogP contribution >= 0.6 is 0 Å². The van der Waals surface area contributed by atoms with Crippen LogP contribution in [0.25, 0.3) is 5.95 Å². The second kappa shape index (κ2) is 8.10. The van der Waals surface area contributed by atoms with Gasteiger partial charge in [-0.15, -0.1) is 0 Å². The zero-order valence-corrected chi connectivity index (χ0v) is 19.2. The molecule has 1 unspecified atom stereocenters. The van der Waals surface area contributed by atoms with E-state index < -0.39 is 5.92 Å². The first-order chi connectivity index (χ1) is 15.8. The summed E-state index contributed by atoms with van der Waals surface area (Å²) >= 11 is 0. The van der Waals surface area contributed by atoms with Crippen LogP contribution in [0.1, 0.15) is 50.4 Å². The van der Waals surface area contributed by atoms with Gasteiger partial charge in [-0.2, -0.15) is 9.78 Å². The SMILES string of the molecule is CC(C)(C)c1cc(NC(=O)C2CC(=O)N(c3ccc4c(c3)CCC4)C2)n(-c2ncccn2)n1. The summed E-state index contributed by atoms with van der Waals surface area (Å²) < 4.78 is 1.55. The van der Waals surface area contributed by atoms with Crippen LogP contribution < -0.4 is 10.2 Å². The van der Waals surface area contributed by atoms with Gasteiger partial charge in [0.05, 0.1) is 11.6 Å². The van der Waals surface area contributed by atoms with Crippen LogP contribution in [0.15, 0.2) is 42.7 Å². The number of hydrogen-bond acceptors (Lipinski definition) is 5. The van der Waals surface area contributed by atoms with Gasteiger partial charge in [-0.1, -0.05) is 26.8 Å². The fraction of sp³-hybridized carbons (Fsp3) is 0.400. The lowest BCUT2D eigenvalue weighted by Crippen LogP contribution is -2.28. The molecule has 3 aromatic rings. The maximum Gasteiger partial charge on any atom is 0.252 e. The summed E-state index contributed by atoms with van der Waals surface area (Å²) in [5.41, 5.74) is 4.16. The van der Waals surface area contributed by atoms with Gasteiger partial charge < -0.3 is 10.2 Å². The van der Waals surface area contributed by atoms with Gasteiger partial charge in [0.1, 0.15) is 5.82 Å². The highest BCUT2D eigenvalue weighted by molar-refractivity contribution is 6.03. The lowest BCUT2D eigenvalue weighted by Gasteiger charge is -2.18. The minimum atomic E-state index is -0.441. The molecule has 0 radical (unpaired) electrons. The van der Waals surface area contributed by atoms with Gasteiger partial charge in [-0.05, 0) is 48.6 Å². The average molecular weight is 445 g/mol. The maximum atomic E-state index is 13.2. The standard InChI is InChI=1S/C25H28N6O2/c1-25(2,3)20-14-21(31(29-20)24-26-10-5-11-27-24)28-23(33)18-13-22(32)30(15-18)19-9-8-16-6-4-7-17(16)12-19/h5,8-12,14,18H,4,6-7,13,15H2,1-3H3,(H,28,33). The summed E-state index contributed by atoms with van der Waals surface area (Å²) in [6.45, 7) is 6.54. The molecule has 1 aliphatic heterocycles. The van der Waals surface area contributed by atoms with E-state index >= 15 is 0 Å². The Kier molecular flexibility index (Phi) is 5.23. The Morgan fingerprint density at radius 2 is 1.85 bits per heavy atom. The van der Waals surface area contributed by atoms with E-state index in [0.29, 0.717) is 18.3 Å². The van der Waals surface area contributed by atoms with Crippen molar-refractivity contribution in [3.8, 4) is 5.95 Å². The zero-order valence-electron chi connectivity index (χ0n) is 19.2. The Labute approximate surface area is 193 Å². The third-order valence-corrected chi connectivity index (χ3v) is 6.36. The minimum absolute atomic E-state index is 0.0247. The number of amides is 2. The molecule has 2 amide bonds. The molecular weight excluding hydrogens is 416 g/mol. The number of benzene rings is 1. The average Bonchev–Trinajstić information content (AvgIpc) is 3.51. The van der Waals surface area contributed by atoms with Crippen LogP contribution in [0.5, 0.6) is 0 Å². The molecule has 1 fully saturated rings. The molecule has 5 rings (SSSR count). The highest BCUT2D eigenvalue weighted by atomic mass is 16.2. The molecular formula is C25H28N6O2. The number of aromatic nitrogens is 4. The second-order valence-electron chi connectivity index (χ2n) is 9.83. The molecule has 0 spiro atoms. The van der Waals surface area contributed by atoms with Crippen molar-refractivity contribution in [1.82, 2.24) is 19.7 Å². The molecule has 170 valence electrons. The third-order valence-electron chi connectivity index (χ3n) is 6.36. The minimum Gasteiger partial charge on any atom is -0.312 e. The van der Waals surface area contributed by atoms with Gasteiger partial charge in [0.25, 0.3) is 5.95 Å². The van der Waals surface area contributed by atoms with Gasteiger partial charge in [-0.25, -0.2) is 9.97 Å². The van der Waals surface area contributed by atoms with Gasteiger partial charge >= 0.3 is 0 Å². The van der Waals surface area contributed by atoms with E-state index in [0.717, 1.165) is 30.6 Å². The molecule has 8 heteroatoms. The largest absolute Gasteiger partial charge is 0.312 e. The van der Waals surface area contributed by atoms with E-state index in [1.807, 2.05) is 12.1 Å². The number of carbonyl (C=O) groups is 2. The number of fused-ring (bicyclic) bond motifs is 1. The fourth-order valence-electron chi connectivity index (χ4n) is 4.48. The number of nitrogens with zero attached hydrogens (tertiary/aromatic N) is 5. The molecule has 1 saturated heterocycles. The molecule has 2 aliphatic rings. The highest BCUT2D eigenvalue weighted by Gasteiger charge is 2.36. The van der Waals surface area contributed by atoms with E-state index in [-0.39, 0.29) is 23.7 Å². The van der Waals surface area contributed by atoms with Gasteiger partial charge in [0.2, 0.25) is 11.8 Å². The summed E-state index contributed by atoms with van der Waals surface area (Å²) in [7, 11) is 0. The van der Waals surface area contributed by atoms with E-state index in [4.69, 9.17) is 0 Å². The van der Waals surface area contributed by atoms with Crippen molar-refractivity contribution in [2.45, 2.75) is 51.9 Å². The van der Waals surface area contributed by atoms with E-state index in [2.05, 4.69) is 53.3 Å². The van der Waals surface area contributed by atoms with Crippen molar-refractivity contribution in [2.24, 2.45) is 5.92 Å². The van der Waals surface area contributed by atoms with Crippen LogP contribution in [-0.4, -0.2) is 38.1 Å². The Bertz CT molecular complexity index is 1210. The molecule has 33 heavy (non-hydrogen) atoms. The van der Waals surface area contributed by atoms with Crippen LogP contribution in [-0.2, 0) is 27.8 Å². The second-order valence-corrected chi connectivity index (χ2v) is 9.83. The number of anilines is 2. The third kappa shape index (κ3) is 4.13. The molecule has 1 N–H and O–H groups in total. The Morgan fingerprint density at radius 1 is 1.09 bits per heavy atom. The summed E-state index contributed by atoms with van der Waals surface area (Å²) in [6.07, 6.45) is 6.77. The zero-order chi connectivity index (χ0) is 23.2. The molecule has 0 bridgehead atoms. The smallest absolute Gasteiger partial charge is 0.252 e. The Balaban J connectivity index is 1.37. The maximum absolute atomic E-state index is 13.2. The first-order valence-corrected chi connectivity index (χ1v) is 11.4. The van der Waals surface area contributed by atoms with Gasteiger partial charge in [0, 0.05) is 42.5 Å². The Hall–Kier alpha value is -3.55. The first-order valence-electron chi connectivity index (χ1n) is 11.4. The predicted molar refractivity (Wildman–Crippen MR) is 125 cm³/mol. The molecule has 3 heterocycles. The normalized spacial score (nSPS) is 18.0. The Morgan fingerprint density at radius 3 is 2.61 bits per heavy atom. The molecule has 1 aliphatic carbocycles. The fourth-order valence-corrected chi connectivity index (χ4v) is 4.48. The molecule has 0 saturated carbocycles. The van der Waals surface area contributed by atoms with Crippen LogP contribution in [0.2, 0.25) is 0 Å². The van der Waals surface area contributed by atoms with Gasteiger partial charge in [0.15, 0.2) is 0 Å². The van der Waals surface area contributed by atoms with Crippen LogP contribution in [0, 0.1) is 5.92 Å². The van der Waals surface area contributed by atoms with Crippen molar-refractivity contribution in [2.75, 3.05) is 16.8 Å². The molecule has 1 atom stereocenters. The van der Waals surface area contributed by atoms with Crippen LogP contribution in [0.3, 0.4) is 0 Å². The summed E-state index contributed by atoms with van der Waals surface area (Å²) in [6, 6.07) is 9.80. The monoisotopic (exact) mass is 444 g/mol. The van der Waals surface area contributed by atoms with Crippen molar-refractivity contribution in [3.05, 3.63) is 59.5 Å². The van der Waals surface area contributed by atoms with E-state index in [9.17, 15) is 9.59 Å². The van der Waals surface area contributed by atoms with Gasteiger partial charge in [-0.3, -0.25) is 9.59 Å². The number of hydrogen-bond donors (Lipinski definition) is 1. The number of nitrogens with one attached hydrogen (secondary N) is 1. The van der Waals surface area contributed by atoms with Crippen molar-refractivity contribution in [1.29, 1.82) is 0 Å². The van der Waals surface area contributed by atoms with Crippen molar-refractivity contribution >= 4 is 23.3 Å². The lowest BCUT2D eigenvalue weighted by molar-refractivity contribution is -0.122.